The third-order valence-electron chi connectivity index (χ3n) is 3.00. The van der Waals surface area contributed by atoms with Gasteiger partial charge in [-0.1, -0.05) is 6.42 Å². The highest BCUT2D eigenvalue weighted by atomic mass is 19.3. The summed E-state index contributed by atoms with van der Waals surface area (Å²) in [6.07, 6.45) is 2.29. The number of halogens is 2. The first-order valence-corrected chi connectivity index (χ1v) is 5.51. The molecule has 1 heterocycles. The van der Waals surface area contributed by atoms with E-state index in [0.717, 1.165) is 12.8 Å². The molecule has 2 rings (SSSR count). The lowest BCUT2D eigenvalue weighted by molar-refractivity contribution is -0.0512. The van der Waals surface area contributed by atoms with Gasteiger partial charge < -0.3 is 10.4 Å². The Morgan fingerprint density at radius 1 is 1.19 bits per heavy atom. The second kappa shape index (κ2) is 4.37. The molecule has 4 heteroatoms. The number of phenolic OH excluding ortho intramolecular Hbond substituents is 1. The monoisotopic (exact) mass is 227 g/mol. The first-order valence-electron chi connectivity index (χ1n) is 5.51. The number of piperidine rings is 1. The zero-order valence-corrected chi connectivity index (χ0v) is 8.92. The molecule has 0 saturated carbocycles. The molecule has 0 bridgehead atoms. The molecule has 1 saturated heterocycles. The van der Waals surface area contributed by atoms with E-state index in [1.807, 2.05) is 0 Å². The number of aromatic hydroxyl groups is 1. The molecule has 2 N–H and O–H groups in total. The van der Waals surface area contributed by atoms with Crippen LogP contribution < -0.4 is 5.32 Å². The van der Waals surface area contributed by atoms with Gasteiger partial charge in [0.05, 0.1) is 6.04 Å². The smallest absolute Gasteiger partial charge is 0.288 e. The van der Waals surface area contributed by atoms with Crippen LogP contribution in [0.3, 0.4) is 0 Å². The third-order valence-corrected chi connectivity index (χ3v) is 3.00. The molecule has 0 aliphatic carbocycles. The van der Waals surface area contributed by atoms with Crippen molar-refractivity contribution in [2.45, 2.75) is 31.2 Å². The van der Waals surface area contributed by atoms with Crippen molar-refractivity contribution in [1.82, 2.24) is 5.32 Å². The fourth-order valence-corrected chi connectivity index (χ4v) is 2.05. The number of hydrogen-bond acceptors (Lipinski definition) is 2. The van der Waals surface area contributed by atoms with Gasteiger partial charge in [0, 0.05) is 5.56 Å². The Hall–Kier alpha value is -1.16. The van der Waals surface area contributed by atoms with E-state index in [-0.39, 0.29) is 11.3 Å². The van der Waals surface area contributed by atoms with Crippen molar-refractivity contribution in [3.8, 4) is 5.75 Å². The molecule has 1 aliphatic rings. The third kappa shape index (κ3) is 2.16. The molecule has 1 aromatic carbocycles. The standard InChI is InChI=1S/C12H15F2NO/c13-12(14,11-3-1-2-8-15-11)9-4-6-10(16)7-5-9/h4-7,11,15-16H,1-3,8H2. The van der Waals surface area contributed by atoms with Crippen LogP contribution in [-0.4, -0.2) is 17.7 Å². The fourth-order valence-electron chi connectivity index (χ4n) is 2.05. The number of phenols is 1. The van der Waals surface area contributed by atoms with E-state index in [0.29, 0.717) is 13.0 Å². The lowest BCUT2D eigenvalue weighted by atomic mass is 9.94. The molecule has 0 aromatic heterocycles. The SMILES string of the molecule is Oc1ccc(C(F)(F)C2CCCCN2)cc1. The predicted octanol–water partition coefficient (Wildman–Crippen LogP) is 2.63. The second-order valence-electron chi connectivity index (χ2n) is 4.17. The zero-order valence-electron chi connectivity index (χ0n) is 8.92. The Kier molecular flexibility index (Phi) is 3.10. The molecule has 0 amide bonds. The van der Waals surface area contributed by atoms with Gasteiger partial charge in [-0.05, 0) is 43.7 Å². The summed E-state index contributed by atoms with van der Waals surface area (Å²) in [7, 11) is 0. The van der Waals surface area contributed by atoms with Crippen molar-refractivity contribution < 1.29 is 13.9 Å². The topological polar surface area (TPSA) is 32.3 Å². The van der Waals surface area contributed by atoms with Gasteiger partial charge in [-0.15, -0.1) is 0 Å². The van der Waals surface area contributed by atoms with Crippen molar-refractivity contribution in [1.29, 1.82) is 0 Å². The molecule has 1 aromatic rings. The Morgan fingerprint density at radius 2 is 1.88 bits per heavy atom. The van der Waals surface area contributed by atoms with Crippen LogP contribution in [0.25, 0.3) is 0 Å². The molecule has 88 valence electrons. The van der Waals surface area contributed by atoms with E-state index >= 15 is 0 Å². The van der Waals surface area contributed by atoms with Gasteiger partial charge in [-0.2, -0.15) is 8.78 Å². The first-order chi connectivity index (χ1) is 7.60. The van der Waals surface area contributed by atoms with Crippen molar-refractivity contribution in [3.63, 3.8) is 0 Å². The van der Waals surface area contributed by atoms with Crippen LogP contribution in [0, 0.1) is 0 Å². The van der Waals surface area contributed by atoms with E-state index in [1.54, 1.807) is 0 Å². The lowest BCUT2D eigenvalue weighted by Gasteiger charge is -2.31. The Labute approximate surface area is 93.3 Å². The van der Waals surface area contributed by atoms with Gasteiger partial charge >= 0.3 is 0 Å². The molecule has 2 nitrogen and oxygen atoms in total. The maximum atomic E-state index is 14.0. The molecule has 0 radical (unpaired) electrons. The van der Waals surface area contributed by atoms with E-state index < -0.39 is 12.0 Å². The summed E-state index contributed by atoms with van der Waals surface area (Å²) in [5.74, 6) is -2.86. The van der Waals surface area contributed by atoms with Crippen LogP contribution in [-0.2, 0) is 5.92 Å². The summed E-state index contributed by atoms with van der Waals surface area (Å²) in [6.45, 7) is 0.651. The summed E-state index contributed by atoms with van der Waals surface area (Å²) in [6, 6.07) is 4.38. The second-order valence-corrected chi connectivity index (χ2v) is 4.17. The van der Waals surface area contributed by atoms with Crippen molar-refractivity contribution in [2.75, 3.05) is 6.54 Å². The highest BCUT2D eigenvalue weighted by Crippen LogP contribution is 2.35. The highest BCUT2D eigenvalue weighted by molar-refractivity contribution is 5.29. The molecule has 16 heavy (non-hydrogen) atoms. The summed E-state index contributed by atoms with van der Waals surface area (Å²) in [4.78, 5) is 0. The number of alkyl halides is 2. The maximum Gasteiger partial charge on any atom is 0.288 e. The summed E-state index contributed by atoms with van der Waals surface area (Å²) >= 11 is 0. The van der Waals surface area contributed by atoms with E-state index in [2.05, 4.69) is 5.32 Å². The van der Waals surface area contributed by atoms with Crippen molar-refractivity contribution >= 4 is 0 Å². The normalized spacial score (nSPS) is 22.0. The molecule has 1 unspecified atom stereocenters. The zero-order chi connectivity index (χ0) is 11.6. The van der Waals surface area contributed by atoms with Crippen LogP contribution >= 0.6 is 0 Å². The minimum Gasteiger partial charge on any atom is -0.508 e. The molecule has 1 fully saturated rings. The van der Waals surface area contributed by atoms with E-state index in [4.69, 9.17) is 5.11 Å². The Morgan fingerprint density at radius 3 is 2.44 bits per heavy atom. The quantitative estimate of drug-likeness (QED) is 0.814. The lowest BCUT2D eigenvalue weighted by Crippen LogP contribution is -2.45. The van der Waals surface area contributed by atoms with Crippen LogP contribution in [0.1, 0.15) is 24.8 Å². The van der Waals surface area contributed by atoms with Crippen molar-refractivity contribution in [3.05, 3.63) is 29.8 Å². The van der Waals surface area contributed by atoms with Gasteiger partial charge in [0.1, 0.15) is 5.75 Å². The minimum atomic E-state index is -2.87. The predicted molar refractivity (Wildman–Crippen MR) is 57.6 cm³/mol. The Balaban J connectivity index is 2.19. The maximum absolute atomic E-state index is 14.0. The van der Waals surface area contributed by atoms with Gasteiger partial charge in [-0.25, -0.2) is 0 Å². The molecule has 1 aliphatic heterocycles. The highest BCUT2D eigenvalue weighted by Gasteiger charge is 2.41. The molecule has 1 atom stereocenters. The van der Waals surface area contributed by atoms with Gasteiger partial charge in [0.2, 0.25) is 0 Å². The van der Waals surface area contributed by atoms with Gasteiger partial charge in [0.15, 0.2) is 0 Å². The average molecular weight is 227 g/mol. The molecular weight excluding hydrogens is 212 g/mol. The molecule has 0 spiro atoms. The number of nitrogens with one attached hydrogen (secondary N) is 1. The minimum absolute atomic E-state index is 0.0103. The summed E-state index contributed by atoms with van der Waals surface area (Å²) in [5, 5.41) is 11.9. The van der Waals surface area contributed by atoms with Crippen LogP contribution in [0.4, 0.5) is 8.78 Å². The molecular formula is C12H15F2NO. The van der Waals surface area contributed by atoms with E-state index in [9.17, 15) is 8.78 Å². The number of rotatable bonds is 2. The van der Waals surface area contributed by atoms with Crippen LogP contribution in [0.15, 0.2) is 24.3 Å². The number of benzene rings is 1. The van der Waals surface area contributed by atoms with E-state index in [1.165, 1.54) is 24.3 Å². The first kappa shape index (κ1) is 11.3. The van der Waals surface area contributed by atoms with Gasteiger partial charge in [-0.3, -0.25) is 0 Å². The van der Waals surface area contributed by atoms with Crippen LogP contribution in [0.2, 0.25) is 0 Å². The fraction of sp³-hybridized carbons (Fsp3) is 0.500. The Bertz CT molecular complexity index is 345. The largest absolute Gasteiger partial charge is 0.508 e. The summed E-state index contributed by atoms with van der Waals surface area (Å²) < 4.78 is 28.1. The van der Waals surface area contributed by atoms with Crippen LogP contribution in [0.5, 0.6) is 5.75 Å². The van der Waals surface area contributed by atoms with Crippen molar-refractivity contribution in [2.24, 2.45) is 0 Å². The average Bonchev–Trinajstić information content (AvgIpc) is 2.31. The summed E-state index contributed by atoms with van der Waals surface area (Å²) in [5.41, 5.74) is -0.0373. The van der Waals surface area contributed by atoms with Gasteiger partial charge in [0.25, 0.3) is 5.92 Å². The number of hydrogen-bond donors (Lipinski definition) is 2.